The summed E-state index contributed by atoms with van der Waals surface area (Å²) in [5.74, 6) is 0.269. The topological polar surface area (TPSA) is 88.2 Å². The highest BCUT2D eigenvalue weighted by Gasteiger charge is 2.41. The number of para-hydroxylation sites is 2. The Morgan fingerprint density at radius 2 is 2.24 bits per heavy atom. The maximum absolute atomic E-state index is 11.0. The number of hydrogen-bond donors (Lipinski definition) is 1. The van der Waals surface area contributed by atoms with Gasteiger partial charge in [0.2, 0.25) is 0 Å². The Labute approximate surface area is 123 Å². The Balaban J connectivity index is 2.10. The van der Waals surface area contributed by atoms with Gasteiger partial charge in [-0.2, -0.15) is 5.26 Å². The standard InChI is InChI=1S/C15H19N3O3/c1-11(2)17-15(10-16)8-7-12(9-15)21-14-6-4-3-5-13(14)18(19)20/h3-6,11-12,17H,7-9H2,1-2H3. The minimum Gasteiger partial charge on any atom is -0.483 e. The molecule has 2 rings (SSSR count). The first-order chi connectivity index (χ1) is 9.96. The Bertz CT molecular complexity index is 568. The molecule has 1 aliphatic carbocycles. The summed E-state index contributed by atoms with van der Waals surface area (Å²) in [6.45, 7) is 3.99. The van der Waals surface area contributed by atoms with Crippen molar-refractivity contribution in [3.05, 3.63) is 34.4 Å². The minimum absolute atomic E-state index is 0.0382. The Morgan fingerprint density at radius 3 is 2.86 bits per heavy atom. The highest BCUT2D eigenvalue weighted by Crippen LogP contribution is 2.35. The van der Waals surface area contributed by atoms with E-state index in [0.29, 0.717) is 19.3 Å². The minimum atomic E-state index is -0.595. The van der Waals surface area contributed by atoms with Crippen LogP contribution in [0.1, 0.15) is 33.1 Å². The molecule has 0 bridgehead atoms. The SMILES string of the molecule is CC(C)NC1(C#N)CCC(Oc2ccccc2[N+](=O)[O-])C1. The monoisotopic (exact) mass is 289 g/mol. The van der Waals surface area contributed by atoms with Gasteiger partial charge in [0.15, 0.2) is 5.75 Å². The molecular formula is C15H19N3O3. The largest absolute Gasteiger partial charge is 0.483 e. The summed E-state index contributed by atoms with van der Waals surface area (Å²) in [5, 5.41) is 23.7. The number of nitrogens with zero attached hydrogens (tertiary/aromatic N) is 2. The zero-order valence-corrected chi connectivity index (χ0v) is 12.2. The molecule has 2 atom stereocenters. The lowest BCUT2D eigenvalue weighted by Gasteiger charge is -2.25. The molecule has 1 N–H and O–H groups in total. The van der Waals surface area contributed by atoms with Crippen molar-refractivity contribution in [2.75, 3.05) is 0 Å². The fourth-order valence-corrected chi connectivity index (χ4v) is 2.81. The first-order valence-corrected chi connectivity index (χ1v) is 7.05. The second-order valence-electron chi connectivity index (χ2n) is 5.70. The molecule has 0 spiro atoms. The quantitative estimate of drug-likeness (QED) is 0.665. The molecule has 1 aromatic carbocycles. The van der Waals surface area contributed by atoms with Gasteiger partial charge >= 0.3 is 5.69 Å². The average Bonchev–Trinajstić information content (AvgIpc) is 2.82. The highest BCUT2D eigenvalue weighted by atomic mass is 16.6. The van der Waals surface area contributed by atoms with Gasteiger partial charge in [0.05, 0.1) is 11.0 Å². The van der Waals surface area contributed by atoms with Crippen molar-refractivity contribution in [2.24, 2.45) is 0 Å². The van der Waals surface area contributed by atoms with E-state index < -0.39 is 10.5 Å². The summed E-state index contributed by atoms with van der Waals surface area (Å²) in [6.07, 6.45) is 1.75. The fourth-order valence-electron chi connectivity index (χ4n) is 2.81. The van der Waals surface area contributed by atoms with Crippen LogP contribution in [0.3, 0.4) is 0 Å². The molecule has 112 valence electrons. The van der Waals surface area contributed by atoms with Crippen molar-refractivity contribution in [1.82, 2.24) is 5.32 Å². The zero-order valence-electron chi connectivity index (χ0n) is 12.2. The van der Waals surface area contributed by atoms with Gasteiger partial charge in [0, 0.05) is 18.5 Å². The first-order valence-electron chi connectivity index (χ1n) is 7.05. The molecule has 0 radical (unpaired) electrons. The Morgan fingerprint density at radius 1 is 1.52 bits per heavy atom. The maximum atomic E-state index is 11.0. The lowest BCUT2D eigenvalue weighted by molar-refractivity contribution is -0.386. The number of benzene rings is 1. The first kappa shape index (κ1) is 15.3. The molecule has 0 heterocycles. The van der Waals surface area contributed by atoms with Crippen molar-refractivity contribution < 1.29 is 9.66 Å². The molecule has 1 saturated carbocycles. The van der Waals surface area contributed by atoms with Gasteiger partial charge in [0.25, 0.3) is 0 Å². The number of nitro groups is 1. The van der Waals surface area contributed by atoms with E-state index in [4.69, 9.17) is 4.74 Å². The van der Waals surface area contributed by atoms with Gasteiger partial charge in [-0.3, -0.25) is 15.4 Å². The van der Waals surface area contributed by atoms with Crippen LogP contribution in [0.15, 0.2) is 24.3 Å². The van der Waals surface area contributed by atoms with Gasteiger partial charge in [-0.05, 0) is 32.8 Å². The molecule has 21 heavy (non-hydrogen) atoms. The van der Waals surface area contributed by atoms with Crippen molar-refractivity contribution in [2.45, 2.75) is 50.8 Å². The molecule has 2 unspecified atom stereocenters. The molecule has 6 heteroatoms. The van der Waals surface area contributed by atoms with Crippen LogP contribution in [-0.4, -0.2) is 22.6 Å². The van der Waals surface area contributed by atoms with E-state index in [0.717, 1.165) is 0 Å². The summed E-state index contributed by atoms with van der Waals surface area (Å²) in [5.41, 5.74) is -0.633. The molecule has 0 saturated heterocycles. The number of rotatable bonds is 5. The van der Waals surface area contributed by atoms with E-state index in [1.165, 1.54) is 6.07 Å². The predicted molar refractivity (Wildman–Crippen MR) is 78.0 cm³/mol. The van der Waals surface area contributed by atoms with Gasteiger partial charge < -0.3 is 4.74 Å². The second-order valence-corrected chi connectivity index (χ2v) is 5.70. The smallest absolute Gasteiger partial charge is 0.310 e. The van der Waals surface area contributed by atoms with E-state index in [-0.39, 0.29) is 23.6 Å². The maximum Gasteiger partial charge on any atom is 0.310 e. The average molecular weight is 289 g/mol. The van der Waals surface area contributed by atoms with Gasteiger partial charge in [-0.1, -0.05) is 12.1 Å². The molecule has 1 aliphatic rings. The van der Waals surface area contributed by atoms with E-state index in [1.807, 2.05) is 13.8 Å². The van der Waals surface area contributed by atoms with Crippen molar-refractivity contribution in [3.8, 4) is 11.8 Å². The van der Waals surface area contributed by atoms with Gasteiger partial charge in [-0.15, -0.1) is 0 Å². The highest BCUT2D eigenvalue weighted by molar-refractivity contribution is 5.45. The fraction of sp³-hybridized carbons (Fsp3) is 0.533. The Kier molecular flexibility index (Phi) is 4.43. The van der Waals surface area contributed by atoms with Crippen LogP contribution in [0.25, 0.3) is 0 Å². The molecule has 1 aromatic rings. The number of hydrogen-bond acceptors (Lipinski definition) is 5. The molecule has 1 fully saturated rings. The van der Waals surface area contributed by atoms with Gasteiger partial charge in [-0.25, -0.2) is 0 Å². The van der Waals surface area contributed by atoms with Crippen LogP contribution in [-0.2, 0) is 0 Å². The Hall–Kier alpha value is -2.13. The van der Waals surface area contributed by atoms with Crippen LogP contribution < -0.4 is 10.1 Å². The summed E-state index contributed by atoms with van der Waals surface area (Å²) < 4.78 is 5.77. The normalized spacial score (nSPS) is 24.8. The molecule has 0 aromatic heterocycles. The number of nitrogens with one attached hydrogen (secondary N) is 1. The van der Waals surface area contributed by atoms with E-state index in [2.05, 4.69) is 11.4 Å². The lowest BCUT2D eigenvalue weighted by atomic mass is 9.98. The van der Waals surface area contributed by atoms with Crippen molar-refractivity contribution in [1.29, 1.82) is 5.26 Å². The number of nitriles is 1. The molecule has 0 aliphatic heterocycles. The lowest BCUT2D eigenvalue weighted by Crippen LogP contribution is -2.46. The van der Waals surface area contributed by atoms with Crippen LogP contribution in [0.5, 0.6) is 5.75 Å². The van der Waals surface area contributed by atoms with Crippen LogP contribution in [0.2, 0.25) is 0 Å². The summed E-state index contributed by atoms with van der Waals surface area (Å²) >= 11 is 0. The predicted octanol–water partition coefficient (Wildman–Crippen LogP) is 2.79. The number of nitro benzene ring substituents is 1. The second kappa shape index (κ2) is 6.10. The zero-order chi connectivity index (χ0) is 15.5. The van der Waals surface area contributed by atoms with Crippen molar-refractivity contribution in [3.63, 3.8) is 0 Å². The summed E-state index contributed by atoms with van der Waals surface area (Å²) in [4.78, 5) is 10.5. The summed E-state index contributed by atoms with van der Waals surface area (Å²) in [7, 11) is 0. The van der Waals surface area contributed by atoms with Crippen molar-refractivity contribution >= 4 is 5.69 Å². The van der Waals surface area contributed by atoms with Gasteiger partial charge in [0.1, 0.15) is 11.6 Å². The third-order valence-corrected chi connectivity index (χ3v) is 3.60. The van der Waals surface area contributed by atoms with Crippen LogP contribution >= 0.6 is 0 Å². The molecule has 0 amide bonds. The third kappa shape index (κ3) is 3.50. The van der Waals surface area contributed by atoms with Crippen LogP contribution in [0.4, 0.5) is 5.69 Å². The summed E-state index contributed by atoms with van der Waals surface area (Å²) in [6, 6.07) is 8.88. The van der Waals surface area contributed by atoms with E-state index in [9.17, 15) is 15.4 Å². The molecule has 6 nitrogen and oxygen atoms in total. The third-order valence-electron chi connectivity index (χ3n) is 3.60. The molecular weight excluding hydrogens is 270 g/mol. The van der Waals surface area contributed by atoms with Crippen LogP contribution in [0, 0.1) is 21.4 Å². The van der Waals surface area contributed by atoms with E-state index >= 15 is 0 Å². The number of ether oxygens (including phenoxy) is 1. The van der Waals surface area contributed by atoms with E-state index in [1.54, 1.807) is 18.2 Å².